The van der Waals surface area contributed by atoms with Crippen LogP contribution in [0.15, 0.2) is 0 Å². The van der Waals surface area contributed by atoms with E-state index in [4.69, 9.17) is 0 Å². The zero-order valence-corrected chi connectivity index (χ0v) is 8.60. The van der Waals surface area contributed by atoms with Gasteiger partial charge in [-0.2, -0.15) is 0 Å². The fourth-order valence-electron chi connectivity index (χ4n) is 1.70. The van der Waals surface area contributed by atoms with Gasteiger partial charge in [0.15, 0.2) is 0 Å². The Kier molecular flexibility index (Phi) is 2.15. The molecular weight excluding hydrogens is 239 g/mol. The van der Waals surface area contributed by atoms with E-state index in [0.717, 1.165) is 6.04 Å². The van der Waals surface area contributed by atoms with E-state index in [1.165, 1.54) is 23.9 Å². The van der Waals surface area contributed by atoms with E-state index in [2.05, 4.69) is 15.5 Å². The first-order valence-corrected chi connectivity index (χ1v) is 8.04. The molecule has 2 bridgehead atoms. The minimum atomic E-state index is -0.620. The Labute approximate surface area is 70.1 Å². The number of nitrogens with one attached hydrogen (secondary N) is 1. The van der Waals surface area contributed by atoms with Crippen molar-refractivity contribution in [3.63, 3.8) is 0 Å². The zero-order chi connectivity index (χ0) is 6.97. The van der Waals surface area contributed by atoms with Gasteiger partial charge in [-0.15, -0.1) is 0 Å². The van der Waals surface area contributed by atoms with Crippen molar-refractivity contribution >= 4 is 20.1 Å². The van der Waals surface area contributed by atoms with Crippen LogP contribution in [-0.2, 0) is 0 Å². The van der Waals surface area contributed by atoms with E-state index in [9.17, 15) is 0 Å². The van der Waals surface area contributed by atoms with Crippen molar-refractivity contribution in [2.24, 2.45) is 0 Å². The summed E-state index contributed by atoms with van der Waals surface area (Å²) in [4.78, 5) is 2.52. The predicted octanol–water partition coefficient (Wildman–Crippen LogP) is 1.06. The van der Waals surface area contributed by atoms with E-state index in [1.54, 1.807) is 4.43 Å². The van der Waals surface area contributed by atoms with Gasteiger partial charge in [0.1, 0.15) is 0 Å². The Balaban J connectivity index is 1.98. The van der Waals surface area contributed by atoms with Crippen LogP contribution in [0.3, 0.4) is 0 Å². The second-order valence-electron chi connectivity index (χ2n) is 3.25. The number of halogens is 1. The molecule has 0 aliphatic carbocycles. The van der Waals surface area contributed by atoms with Crippen LogP contribution < -0.4 is 3.53 Å². The topological polar surface area (TPSA) is 15.3 Å². The third-order valence-corrected chi connectivity index (χ3v) is 7.92. The Hall–Kier alpha value is 0.650. The number of alkyl halides is 2. The Bertz CT molecular complexity index is 113. The van der Waals surface area contributed by atoms with Crippen molar-refractivity contribution in [3.8, 4) is 0 Å². The summed E-state index contributed by atoms with van der Waals surface area (Å²) in [7, 11) is 2.27. The summed E-state index contributed by atoms with van der Waals surface area (Å²) in [5.74, 6) is 0. The van der Waals surface area contributed by atoms with E-state index in [0.29, 0.717) is 0 Å². The molecule has 2 heterocycles. The second-order valence-corrected chi connectivity index (χ2v) is 8.24. The fourth-order valence-corrected chi connectivity index (χ4v) is 7.35. The molecule has 0 spiro atoms. The third kappa shape index (κ3) is 1.46. The molecule has 1 atom stereocenters. The van der Waals surface area contributed by atoms with Crippen molar-refractivity contribution in [2.45, 2.75) is 18.9 Å². The quantitative estimate of drug-likeness (QED) is 0.301. The summed E-state index contributed by atoms with van der Waals surface area (Å²) in [6.07, 6.45) is 2.94. The summed E-state index contributed by atoms with van der Waals surface area (Å²) < 4.78 is 6.76. The van der Waals surface area contributed by atoms with E-state index < -0.39 is 20.1 Å². The average molecular weight is 254 g/mol. The molecule has 2 aliphatic heterocycles. The van der Waals surface area contributed by atoms with Crippen LogP contribution in [0, 0.1) is 0 Å². The van der Waals surface area contributed by atoms with Gasteiger partial charge >= 0.3 is 70.0 Å². The molecule has 0 saturated carbocycles. The standard InChI is InChI=1S/C7H15IN2/c1-10-5-7-3-2-4-8(6-10)9-7/h7,9H,2-6H2,1H3. The van der Waals surface area contributed by atoms with E-state index in [-0.39, 0.29) is 0 Å². The van der Waals surface area contributed by atoms with Gasteiger partial charge in [0.2, 0.25) is 0 Å². The molecule has 3 heteroatoms. The van der Waals surface area contributed by atoms with Gasteiger partial charge < -0.3 is 0 Å². The zero-order valence-electron chi connectivity index (χ0n) is 6.44. The molecule has 0 amide bonds. The van der Waals surface area contributed by atoms with Gasteiger partial charge in [0.05, 0.1) is 0 Å². The summed E-state index contributed by atoms with van der Waals surface area (Å²) in [5.41, 5.74) is 0. The van der Waals surface area contributed by atoms with Crippen LogP contribution in [0.2, 0.25) is 0 Å². The molecule has 1 unspecified atom stereocenters. The van der Waals surface area contributed by atoms with Gasteiger partial charge in [0, 0.05) is 0 Å². The fraction of sp³-hybridized carbons (Fsp3) is 1.00. The molecular formula is C7H15IN2. The van der Waals surface area contributed by atoms with Crippen molar-refractivity contribution in [3.05, 3.63) is 0 Å². The SMILES string of the molecule is CN1CC2CCCI(C1)N2. The first-order chi connectivity index (χ1) is 4.84. The van der Waals surface area contributed by atoms with Crippen molar-refractivity contribution < 1.29 is 0 Å². The van der Waals surface area contributed by atoms with Crippen LogP contribution >= 0.6 is 20.1 Å². The van der Waals surface area contributed by atoms with Gasteiger partial charge in [0.25, 0.3) is 0 Å². The number of hydrogen-bond acceptors (Lipinski definition) is 2. The van der Waals surface area contributed by atoms with E-state index >= 15 is 0 Å². The molecule has 2 nitrogen and oxygen atoms in total. The average Bonchev–Trinajstić information content (AvgIpc) is 1.85. The molecule has 0 aromatic carbocycles. The molecule has 1 N–H and O–H groups in total. The van der Waals surface area contributed by atoms with E-state index in [1.807, 2.05) is 0 Å². The first-order valence-electron chi connectivity index (χ1n) is 3.91. The number of rotatable bonds is 0. The summed E-state index contributed by atoms with van der Waals surface area (Å²) in [6, 6.07) is 0.873. The molecule has 2 aliphatic rings. The van der Waals surface area contributed by atoms with Crippen LogP contribution in [-0.4, -0.2) is 33.5 Å². The van der Waals surface area contributed by atoms with Crippen molar-refractivity contribution in [1.29, 1.82) is 0 Å². The van der Waals surface area contributed by atoms with Crippen molar-refractivity contribution in [2.75, 3.05) is 22.6 Å². The van der Waals surface area contributed by atoms with Gasteiger partial charge in [-0.3, -0.25) is 0 Å². The molecule has 60 valence electrons. The van der Waals surface area contributed by atoms with Crippen molar-refractivity contribution in [1.82, 2.24) is 8.43 Å². The maximum atomic E-state index is 3.80. The van der Waals surface area contributed by atoms with Crippen LogP contribution in [0.25, 0.3) is 0 Å². The molecule has 2 saturated heterocycles. The Morgan fingerprint density at radius 2 is 2.50 bits per heavy atom. The molecule has 0 aromatic rings. The van der Waals surface area contributed by atoms with Crippen LogP contribution in [0.5, 0.6) is 0 Å². The molecule has 2 rings (SSSR count). The first kappa shape index (κ1) is 7.31. The molecule has 2 fully saturated rings. The minimum absolute atomic E-state index is 0.620. The normalized spacial score (nSPS) is 38.1. The molecule has 0 aromatic heterocycles. The third-order valence-electron chi connectivity index (χ3n) is 2.10. The van der Waals surface area contributed by atoms with Crippen LogP contribution in [0.4, 0.5) is 0 Å². The number of likely N-dealkylation sites (N-methyl/N-ethyl adjacent to an activating group) is 1. The van der Waals surface area contributed by atoms with Gasteiger partial charge in [-0.25, -0.2) is 0 Å². The van der Waals surface area contributed by atoms with Gasteiger partial charge in [-0.05, 0) is 0 Å². The maximum absolute atomic E-state index is 3.80. The number of fused-ring (bicyclic) bond motifs is 2. The van der Waals surface area contributed by atoms with Crippen LogP contribution in [0.1, 0.15) is 12.8 Å². The summed E-state index contributed by atoms with van der Waals surface area (Å²) >= 11 is -0.620. The number of hydrogen-bond donors (Lipinski definition) is 1. The second kappa shape index (κ2) is 2.95. The van der Waals surface area contributed by atoms with Gasteiger partial charge in [-0.1, -0.05) is 0 Å². The number of nitrogens with zero attached hydrogens (tertiary/aromatic N) is 1. The molecule has 0 radical (unpaired) electrons. The monoisotopic (exact) mass is 254 g/mol. The summed E-state index contributed by atoms with van der Waals surface area (Å²) in [5, 5.41) is 0. The Morgan fingerprint density at radius 3 is 3.30 bits per heavy atom. The molecule has 10 heavy (non-hydrogen) atoms. The predicted molar refractivity (Wildman–Crippen MR) is 52.5 cm³/mol. The Morgan fingerprint density at radius 1 is 1.60 bits per heavy atom. The summed E-state index contributed by atoms with van der Waals surface area (Å²) in [6.45, 7) is 1.30.